The number of benzene rings is 2. The van der Waals surface area contributed by atoms with Crippen LogP contribution in [0.25, 0.3) is 22.4 Å². The first kappa shape index (κ1) is 13.1. The molecule has 1 N–H and O–H groups in total. The second kappa shape index (κ2) is 5.68. The van der Waals surface area contributed by atoms with E-state index in [4.69, 9.17) is 4.52 Å². The van der Waals surface area contributed by atoms with Gasteiger partial charge in [-0.25, -0.2) is 0 Å². The van der Waals surface area contributed by atoms with Crippen LogP contribution < -0.4 is 5.32 Å². The molecule has 0 amide bonds. The van der Waals surface area contributed by atoms with Crippen LogP contribution in [0, 0.1) is 0 Å². The molecule has 3 heteroatoms. The fourth-order valence-corrected chi connectivity index (χ4v) is 2.99. The van der Waals surface area contributed by atoms with E-state index in [1.807, 2.05) is 6.07 Å². The quantitative estimate of drug-likeness (QED) is 0.739. The molecule has 2 aromatic carbocycles. The molecule has 3 aromatic rings. The highest BCUT2D eigenvalue weighted by atomic mass is 16.5. The molecule has 0 spiro atoms. The Balaban J connectivity index is 1.68. The molecule has 0 unspecified atom stereocenters. The van der Waals surface area contributed by atoms with Crippen LogP contribution in [0.5, 0.6) is 0 Å². The van der Waals surface area contributed by atoms with Crippen LogP contribution in [0.3, 0.4) is 0 Å². The van der Waals surface area contributed by atoms with Crippen molar-refractivity contribution >= 4 is 5.88 Å². The largest absolute Gasteiger partial charge is 0.354 e. The molecule has 1 aliphatic heterocycles. The number of nitrogens with zero attached hydrogens (tertiary/aromatic N) is 1. The molecule has 0 radical (unpaired) electrons. The Morgan fingerprint density at radius 2 is 1.55 bits per heavy atom. The summed E-state index contributed by atoms with van der Waals surface area (Å²) in [6.45, 7) is 0.967. The van der Waals surface area contributed by atoms with Gasteiger partial charge in [0.15, 0.2) is 0 Å². The average molecular weight is 290 g/mol. The van der Waals surface area contributed by atoms with Crippen molar-refractivity contribution in [1.29, 1.82) is 0 Å². The third-order valence-corrected chi connectivity index (χ3v) is 4.19. The summed E-state index contributed by atoms with van der Waals surface area (Å²) in [5, 5.41) is 7.60. The lowest BCUT2D eigenvalue weighted by Crippen LogP contribution is -1.97. The van der Waals surface area contributed by atoms with E-state index in [0.29, 0.717) is 0 Å². The fourth-order valence-electron chi connectivity index (χ4n) is 2.99. The second-order valence-electron chi connectivity index (χ2n) is 5.67. The highest BCUT2D eigenvalue weighted by Gasteiger charge is 2.19. The van der Waals surface area contributed by atoms with Crippen molar-refractivity contribution in [3.63, 3.8) is 0 Å². The standard InChI is InChI=1S/C19H18N2O/c1-2-6-14(7-3-1)15-9-11-16(12-10-15)18-17-8-4-5-13-20-19(17)22-21-18/h1-3,6-7,9-12,20H,4-5,8,13H2. The van der Waals surface area contributed by atoms with E-state index in [1.165, 1.54) is 29.5 Å². The molecular formula is C19H18N2O. The topological polar surface area (TPSA) is 38.1 Å². The van der Waals surface area contributed by atoms with Crippen LogP contribution >= 0.6 is 0 Å². The molecule has 2 heterocycles. The van der Waals surface area contributed by atoms with Crippen LogP contribution in [0.2, 0.25) is 0 Å². The lowest BCUT2D eigenvalue weighted by Gasteiger charge is -2.04. The predicted molar refractivity (Wildman–Crippen MR) is 88.8 cm³/mol. The molecule has 4 rings (SSSR count). The number of nitrogens with one attached hydrogen (secondary N) is 1. The molecule has 0 bridgehead atoms. The molecule has 0 saturated carbocycles. The Morgan fingerprint density at radius 3 is 2.36 bits per heavy atom. The molecule has 0 atom stereocenters. The number of hydrogen-bond donors (Lipinski definition) is 1. The third-order valence-electron chi connectivity index (χ3n) is 4.19. The fraction of sp³-hybridized carbons (Fsp3) is 0.211. The molecule has 0 fully saturated rings. The molecule has 1 aromatic heterocycles. The minimum atomic E-state index is 0.847. The zero-order chi connectivity index (χ0) is 14.8. The van der Waals surface area contributed by atoms with Gasteiger partial charge in [0.05, 0.1) is 0 Å². The monoisotopic (exact) mass is 290 g/mol. The zero-order valence-electron chi connectivity index (χ0n) is 12.4. The van der Waals surface area contributed by atoms with Gasteiger partial charge in [0.25, 0.3) is 0 Å². The van der Waals surface area contributed by atoms with E-state index in [-0.39, 0.29) is 0 Å². The van der Waals surface area contributed by atoms with Crippen LogP contribution in [-0.2, 0) is 6.42 Å². The minimum Gasteiger partial charge on any atom is -0.354 e. The van der Waals surface area contributed by atoms with E-state index < -0.39 is 0 Å². The van der Waals surface area contributed by atoms with Crippen molar-refractivity contribution < 1.29 is 4.52 Å². The van der Waals surface area contributed by atoms with Gasteiger partial charge in [-0.1, -0.05) is 59.8 Å². The first-order valence-corrected chi connectivity index (χ1v) is 7.80. The van der Waals surface area contributed by atoms with Crippen molar-refractivity contribution in [1.82, 2.24) is 5.16 Å². The van der Waals surface area contributed by atoms with E-state index in [0.717, 1.165) is 30.1 Å². The Labute approximate surface area is 130 Å². The summed E-state index contributed by atoms with van der Waals surface area (Å²) in [5.41, 5.74) is 5.76. The second-order valence-corrected chi connectivity index (χ2v) is 5.67. The summed E-state index contributed by atoms with van der Waals surface area (Å²) < 4.78 is 5.48. The zero-order valence-corrected chi connectivity index (χ0v) is 12.4. The van der Waals surface area contributed by atoms with Crippen LogP contribution in [0.15, 0.2) is 59.1 Å². The molecule has 110 valence electrons. The number of aromatic nitrogens is 1. The normalized spacial score (nSPS) is 14.0. The third kappa shape index (κ3) is 2.39. The van der Waals surface area contributed by atoms with Gasteiger partial charge in [-0.3, -0.25) is 0 Å². The predicted octanol–water partition coefficient (Wildman–Crippen LogP) is 4.76. The number of hydrogen-bond acceptors (Lipinski definition) is 3. The Kier molecular flexibility index (Phi) is 3.39. The summed E-state index contributed by atoms with van der Waals surface area (Å²) in [6, 6.07) is 19.0. The van der Waals surface area contributed by atoms with Gasteiger partial charge in [-0.2, -0.15) is 0 Å². The van der Waals surface area contributed by atoms with E-state index in [1.54, 1.807) is 0 Å². The Morgan fingerprint density at radius 1 is 0.818 bits per heavy atom. The molecule has 1 aliphatic rings. The maximum atomic E-state index is 5.48. The summed E-state index contributed by atoms with van der Waals surface area (Å²) in [4.78, 5) is 0. The van der Waals surface area contributed by atoms with Gasteiger partial charge in [-0.05, 0) is 30.4 Å². The van der Waals surface area contributed by atoms with Gasteiger partial charge >= 0.3 is 0 Å². The summed E-state index contributed by atoms with van der Waals surface area (Å²) in [6.07, 6.45) is 3.38. The number of fused-ring (bicyclic) bond motifs is 1. The molecule has 22 heavy (non-hydrogen) atoms. The van der Waals surface area contributed by atoms with Gasteiger partial charge in [-0.15, -0.1) is 0 Å². The first-order valence-electron chi connectivity index (χ1n) is 7.80. The van der Waals surface area contributed by atoms with Crippen molar-refractivity contribution in [3.05, 3.63) is 60.2 Å². The van der Waals surface area contributed by atoms with E-state index in [9.17, 15) is 0 Å². The van der Waals surface area contributed by atoms with Crippen molar-refractivity contribution in [2.45, 2.75) is 19.3 Å². The lowest BCUT2D eigenvalue weighted by atomic mass is 10.00. The summed E-state index contributed by atoms with van der Waals surface area (Å²) >= 11 is 0. The van der Waals surface area contributed by atoms with E-state index in [2.05, 4.69) is 59.0 Å². The van der Waals surface area contributed by atoms with Crippen LogP contribution in [-0.4, -0.2) is 11.7 Å². The molecule has 0 aliphatic carbocycles. The van der Waals surface area contributed by atoms with Crippen molar-refractivity contribution in [3.8, 4) is 22.4 Å². The maximum absolute atomic E-state index is 5.48. The molecule has 3 nitrogen and oxygen atoms in total. The molecular weight excluding hydrogens is 272 g/mol. The average Bonchev–Trinajstić information content (AvgIpc) is 2.84. The van der Waals surface area contributed by atoms with Crippen LogP contribution in [0.4, 0.5) is 5.88 Å². The highest BCUT2D eigenvalue weighted by molar-refractivity contribution is 5.72. The Bertz CT molecular complexity index is 760. The first-order chi connectivity index (χ1) is 10.9. The Hall–Kier alpha value is -2.55. The van der Waals surface area contributed by atoms with Crippen molar-refractivity contribution in [2.24, 2.45) is 0 Å². The maximum Gasteiger partial charge on any atom is 0.228 e. The van der Waals surface area contributed by atoms with Crippen LogP contribution in [0.1, 0.15) is 18.4 Å². The minimum absolute atomic E-state index is 0.847. The summed E-state index contributed by atoms with van der Waals surface area (Å²) in [5.74, 6) is 0.847. The van der Waals surface area contributed by atoms with Gasteiger partial charge in [0.2, 0.25) is 5.88 Å². The molecule has 0 saturated heterocycles. The van der Waals surface area contributed by atoms with Gasteiger partial charge < -0.3 is 9.84 Å². The lowest BCUT2D eigenvalue weighted by molar-refractivity contribution is 0.434. The summed E-state index contributed by atoms with van der Waals surface area (Å²) in [7, 11) is 0. The highest BCUT2D eigenvalue weighted by Crippen LogP contribution is 2.32. The van der Waals surface area contributed by atoms with E-state index >= 15 is 0 Å². The number of rotatable bonds is 2. The van der Waals surface area contributed by atoms with Crippen molar-refractivity contribution in [2.75, 3.05) is 11.9 Å². The SMILES string of the molecule is c1ccc(-c2ccc(-c3noc4c3CCCCN4)cc2)cc1. The smallest absolute Gasteiger partial charge is 0.228 e. The van der Waals surface area contributed by atoms with Gasteiger partial charge in [0.1, 0.15) is 5.69 Å². The number of anilines is 1. The van der Waals surface area contributed by atoms with Gasteiger partial charge in [0, 0.05) is 17.7 Å².